The highest BCUT2D eigenvalue weighted by Gasteiger charge is 2.16. The van der Waals surface area contributed by atoms with E-state index >= 15 is 0 Å². The van der Waals surface area contributed by atoms with E-state index < -0.39 is 0 Å². The molecule has 4 aromatic rings. The predicted octanol–water partition coefficient (Wildman–Crippen LogP) is 3.57. The Bertz CT molecular complexity index is 1230. The van der Waals surface area contributed by atoms with Gasteiger partial charge in [-0.15, -0.1) is 0 Å². The molecule has 0 unspecified atom stereocenters. The van der Waals surface area contributed by atoms with E-state index in [0.29, 0.717) is 17.2 Å². The molecule has 1 aromatic carbocycles. The average molecular weight is 413 g/mol. The van der Waals surface area contributed by atoms with E-state index in [2.05, 4.69) is 41.4 Å². The zero-order chi connectivity index (χ0) is 21.2. The number of fused-ring (bicyclic) bond motifs is 1. The van der Waals surface area contributed by atoms with Gasteiger partial charge in [0.1, 0.15) is 5.82 Å². The van der Waals surface area contributed by atoms with E-state index in [-0.39, 0.29) is 5.91 Å². The molecule has 1 aliphatic heterocycles. The Morgan fingerprint density at radius 1 is 1.06 bits per heavy atom. The van der Waals surface area contributed by atoms with Gasteiger partial charge in [0.15, 0.2) is 5.69 Å². The van der Waals surface area contributed by atoms with E-state index in [9.17, 15) is 4.79 Å². The quantitative estimate of drug-likeness (QED) is 0.519. The Morgan fingerprint density at radius 2 is 1.87 bits per heavy atom. The summed E-state index contributed by atoms with van der Waals surface area (Å²) in [5, 5.41) is 10.7. The van der Waals surface area contributed by atoms with Crippen molar-refractivity contribution in [3.63, 3.8) is 0 Å². The minimum Gasteiger partial charge on any atom is -0.318 e. The summed E-state index contributed by atoms with van der Waals surface area (Å²) in [6, 6.07) is 8.12. The molecule has 8 heteroatoms. The van der Waals surface area contributed by atoms with Gasteiger partial charge in [0, 0.05) is 29.9 Å². The molecule has 3 aromatic heterocycles. The van der Waals surface area contributed by atoms with Crippen molar-refractivity contribution >= 4 is 22.5 Å². The van der Waals surface area contributed by atoms with Crippen molar-refractivity contribution in [3.8, 4) is 11.1 Å². The number of carbonyl (C=O) groups excluding carboxylic acids is 1. The van der Waals surface area contributed by atoms with Gasteiger partial charge >= 0.3 is 0 Å². The lowest BCUT2D eigenvalue weighted by Gasteiger charge is -2.14. The number of hydrogen-bond acceptors (Lipinski definition) is 6. The topological polar surface area (TPSA) is 99.7 Å². The molecule has 31 heavy (non-hydrogen) atoms. The van der Waals surface area contributed by atoms with Gasteiger partial charge in [-0.05, 0) is 62.2 Å². The molecule has 0 bridgehead atoms. The molecule has 4 heterocycles. The molecule has 1 amide bonds. The molecule has 2 N–H and O–H groups in total. The summed E-state index contributed by atoms with van der Waals surface area (Å²) in [6.07, 6.45) is 9.49. The van der Waals surface area contributed by atoms with Crippen LogP contribution in [-0.2, 0) is 6.54 Å². The SMILES string of the molecule is Cc1ncc(NC(=O)c2n[nH]c3ccc(-c4cncc(CN5CCCC5)c4)cc23)cn1. The van der Waals surface area contributed by atoms with Crippen LogP contribution in [0.3, 0.4) is 0 Å². The summed E-state index contributed by atoms with van der Waals surface area (Å²) in [7, 11) is 0. The lowest BCUT2D eigenvalue weighted by Crippen LogP contribution is -2.18. The number of carbonyl (C=O) groups is 1. The van der Waals surface area contributed by atoms with Crippen molar-refractivity contribution in [2.24, 2.45) is 0 Å². The largest absolute Gasteiger partial charge is 0.318 e. The van der Waals surface area contributed by atoms with Crippen molar-refractivity contribution in [3.05, 3.63) is 66.1 Å². The van der Waals surface area contributed by atoms with Crippen LogP contribution in [0, 0.1) is 6.92 Å². The molecular weight excluding hydrogens is 390 g/mol. The lowest BCUT2D eigenvalue weighted by atomic mass is 10.0. The Labute approximate surface area is 179 Å². The van der Waals surface area contributed by atoms with Gasteiger partial charge in [-0.25, -0.2) is 9.97 Å². The second kappa shape index (κ2) is 8.23. The van der Waals surface area contributed by atoms with Crippen LogP contribution < -0.4 is 5.32 Å². The first kappa shape index (κ1) is 19.3. The van der Waals surface area contributed by atoms with Crippen LogP contribution in [0.25, 0.3) is 22.0 Å². The second-order valence-electron chi connectivity index (χ2n) is 7.87. The van der Waals surface area contributed by atoms with Gasteiger partial charge in [0.25, 0.3) is 5.91 Å². The molecule has 5 rings (SSSR count). The van der Waals surface area contributed by atoms with Gasteiger partial charge in [0.2, 0.25) is 0 Å². The maximum Gasteiger partial charge on any atom is 0.276 e. The van der Waals surface area contributed by atoms with Crippen molar-refractivity contribution in [1.82, 2.24) is 30.0 Å². The third kappa shape index (κ3) is 4.15. The van der Waals surface area contributed by atoms with Crippen LogP contribution in [-0.4, -0.2) is 49.0 Å². The smallest absolute Gasteiger partial charge is 0.276 e. The van der Waals surface area contributed by atoms with Crippen LogP contribution in [0.2, 0.25) is 0 Å². The molecule has 0 spiro atoms. The summed E-state index contributed by atoms with van der Waals surface area (Å²) < 4.78 is 0. The predicted molar refractivity (Wildman–Crippen MR) is 119 cm³/mol. The normalized spacial score (nSPS) is 14.2. The van der Waals surface area contributed by atoms with E-state index in [1.54, 1.807) is 19.3 Å². The van der Waals surface area contributed by atoms with Crippen molar-refractivity contribution < 1.29 is 4.79 Å². The second-order valence-corrected chi connectivity index (χ2v) is 7.87. The molecule has 0 saturated carbocycles. The number of aromatic amines is 1. The lowest BCUT2D eigenvalue weighted by molar-refractivity contribution is 0.102. The molecule has 0 atom stereocenters. The number of hydrogen-bond donors (Lipinski definition) is 2. The number of amides is 1. The van der Waals surface area contributed by atoms with Crippen LogP contribution in [0.15, 0.2) is 49.1 Å². The number of aromatic nitrogens is 5. The van der Waals surface area contributed by atoms with E-state index in [0.717, 1.165) is 41.7 Å². The van der Waals surface area contributed by atoms with E-state index in [1.807, 2.05) is 30.6 Å². The molecular formula is C23H23N7O. The summed E-state index contributed by atoms with van der Waals surface area (Å²) in [5.74, 6) is 0.338. The number of nitrogens with zero attached hydrogens (tertiary/aromatic N) is 5. The molecule has 0 radical (unpaired) electrons. The van der Waals surface area contributed by atoms with Crippen molar-refractivity contribution in [2.75, 3.05) is 18.4 Å². The standard InChI is InChI=1S/C23H23N7O/c1-15-25-12-19(13-26-15)27-23(31)22-20-9-17(4-5-21(20)28-29-22)18-8-16(10-24-11-18)14-30-6-2-3-7-30/h4-5,8-13H,2-3,6-7,14H2,1H3,(H,27,31)(H,28,29). The van der Waals surface area contributed by atoms with Crippen LogP contribution in [0.4, 0.5) is 5.69 Å². The average Bonchev–Trinajstić information content (AvgIpc) is 3.45. The number of H-pyrrole nitrogens is 1. The summed E-state index contributed by atoms with van der Waals surface area (Å²) >= 11 is 0. The van der Waals surface area contributed by atoms with Gasteiger partial charge in [-0.3, -0.25) is 19.8 Å². The van der Waals surface area contributed by atoms with Crippen LogP contribution in [0.1, 0.15) is 34.7 Å². The Kier molecular flexibility index (Phi) is 5.13. The Balaban J connectivity index is 1.42. The van der Waals surface area contributed by atoms with Gasteiger partial charge < -0.3 is 5.32 Å². The summed E-state index contributed by atoms with van der Waals surface area (Å²) in [6.45, 7) is 5.01. The first-order valence-corrected chi connectivity index (χ1v) is 10.4. The Morgan fingerprint density at radius 3 is 2.68 bits per heavy atom. The number of anilines is 1. The summed E-state index contributed by atoms with van der Waals surface area (Å²) in [4.78, 5) is 27.9. The maximum absolute atomic E-state index is 12.8. The molecule has 1 aliphatic rings. The monoisotopic (exact) mass is 413 g/mol. The fourth-order valence-electron chi connectivity index (χ4n) is 3.94. The van der Waals surface area contributed by atoms with E-state index in [1.165, 1.54) is 18.4 Å². The highest BCUT2D eigenvalue weighted by molar-refractivity contribution is 6.11. The fraction of sp³-hybridized carbons (Fsp3) is 0.261. The number of pyridine rings is 1. The fourth-order valence-corrected chi connectivity index (χ4v) is 3.94. The molecule has 156 valence electrons. The van der Waals surface area contributed by atoms with Gasteiger partial charge in [-0.1, -0.05) is 6.07 Å². The molecule has 0 aliphatic carbocycles. The highest BCUT2D eigenvalue weighted by atomic mass is 16.1. The minimum atomic E-state index is -0.309. The third-order valence-electron chi connectivity index (χ3n) is 5.55. The van der Waals surface area contributed by atoms with Crippen LogP contribution >= 0.6 is 0 Å². The highest BCUT2D eigenvalue weighted by Crippen LogP contribution is 2.26. The number of nitrogens with one attached hydrogen (secondary N) is 2. The zero-order valence-electron chi connectivity index (χ0n) is 17.3. The Hall–Kier alpha value is -3.65. The molecule has 1 fully saturated rings. The van der Waals surface area contributed by atoms with Crippen LogP contribution in [0.5, 0.6) is 0 Å². The minimum absolute atomic E-state index is 0.309. The van der Waals surface area contributed by atoms with Crippen molar-refractivity contribution in [1.29, 1.82) is 0 Å². The summed E-state index contributed by atoms with van der Waals surface area (Å²) in [5.41, 5.74) is 4.88. The van der Waals surface area contributed by atoms with Crippen molar-refractivity contribution in [2.45, 2.75) is 26.3 Å². The number of likely N-dealkylation sites (tertiary alicyclic amines) is 1. The van der Waals surface area contributed by atoms with Gasteiger partial charge in [-0.2, -0.15) is 5.10 Å². The van der Waals surface area contributed by atoms with E-state index in [4.69, 9.17) is 0 Å². The first-order chi connectivity index (χ1) is 15.2. The number of rotatable bonds is 5. The number of aryl methyl sites for hydroxylation is 1. The first-order valence-electron chi connectivity index (χ1n) is 10.4. The number of benzene rings is 1. The maximum atomic E-state index is 12.8. The zero-order valence-corrected chi connectivity index (χ0v) is 17.3. The molecule has 8 nitrogen and oxygen atoms in total. The molecule has 1 saturated heterocycles. The van der Waals surface area contributed by atoms with Gasteiger partial charge in [0.05, 0.1) is 23.6 Å². The third-order valence-corrected chi connectivity index (χ3v) is 5.55.